The van der Waals surface area contributed by atoms with E-state index in [-0.39, 0.29) is 28.5 Å². The highest BCUT2D eigenvalue weighted by Crippen LogP contribution is 2.44. The third-order valence-electron chi connectivity index (χ3n) is 5.22. The van der Waals surface area contributed by atoms with Gasteiger partial charge in [0.15, 0.2) is 11.5 Å². The molecule has 2 aromatic heterocycles. The standard InChI is InChI=1S/C21H17F6N7O4/c1-9-3-4-10(19(17(29)36,21(25,26)27)38-18(37)20(22,23)24)7-11(9)12-8-30-15(28)14(32-12)16(35)33-13-5-6-31-34(13)2/h3-8H,1-2H3,(H2,28,30)(H2,29,36)(H,33,35). The number of aromatic nitrogens is 4. The summed E-state index contributed by atoms with van der Waals surface area (Å²) >= 11 is 0. The first-order chi connectivity index (χ1) is 17.5. The van der Waals surface area contributed by atoms with Gasteiger partial charge in [-0.2, -0.15) is 31.4 Å². The van der Waals surface area contributed by atoms with E-state index in [1.54, 1.807) is 0 Å². The van der Waals surface area contributed by atoms with Gasteiger partial charge in [-0.1, -0.05) is 12.1 Å². The largest absolute Gasteiger partial charge is 0.490 e. The Morgan fingerprint density at radius 3 is 2.26 bits per heavy atom. The van der Waals surface area contributed by atoms with Gasteiger partial charge in [0.25, 0.3) is 11.8 Å². The first-order valence-corrected chi connectivity index (χ1v) is 10.2. The van der Waals surface area contributed by atoms with Crippen molar-refractivity contribution in [1.82, 2.24) is 19.7 Å². The van der Waals surface area contributed by atoms with E-state index < -0.39 is 47.0 Å². The van der Waals surface area contributed by atoms with E-state index in [9.17, 15) is 40.7 Å². The van der Waals surface area contributed by atoms with Gasteiger partial charge in [0.05, 0.1) is 18.1 Å². The lowest BCUT2D eigenvalue weighted by molar-refractivity contribution is -0.280. The van der Waals surface area contributed by atoms with Crippen molar-refractivity contribution in [1.29, 1.82) is 0 Å². The molecule has 202 valence electrons. The topological polar surface area (TPSA) is 168 Å². The maximum absolute atomic E-state index is 14.1. The second kappa shape index (κ2) is 9.64. The number of nitrogens with zero attached hydrogens (tertiary/aromatic N) is 4. The molecule has 0 aliphatic heterocycles. The number of esters is 1. The molecular weight excluding hydrogens is 528 g/mol. The second-order valence-electron chi connectivity index (χ2n) is 7.74. The van der Waals surface area contributed by atoms with Crippen LogP contribution in [0.5, 0.6) is 0 Å². The van der Waals surface area contributed by atoms with E-state index in [1.807, 2.05) is 0 Å². The van der Waals surface area contributed by atoms with Crippen molar-refractivity contribution in [2.75, 3.05) is 11.1 Å². The lowest BCUT2D eigenvalue weighted by Crippen LogP contribution is -2.57. The Morgan fingerprint density at radius 2 is 1.74 bits per heavy atom. The van der Waals surface area contributed by atoms with Crippen molar-refractivity contribution in [2.45, 2.75) is 24.9 Å². The highest BCUT2D eigenvalue weighted by Gasteiger charge is 2.66. The molecule has 0 spiro atoms. The quantitative estimate of drug-likeness (QED) is 0.313. The number of nitrogen functional groups attached to an aromatic ring is 1. The molecule has 17 heteroatoms. The number of nitrogens with one attached hydrogen (secondary N) is 1. The number of anilines is 2. The molecule has 5 N–H and O–H groups in total. The van der Waals surface area contributed by atoms with Crippen LogP contribution in [0.1, 0.15) is 21.6 Å². The van der Waals surface area contributed by atoms with Gasteiger partial charge in [-0.3, -0.25) is 14.3 Å². The van der Waals surface area contributed by atoms with Gasteiger partial charge in [0.2, 0.25) is 0 Å². The van der Waals surface area contributed by atoms with Crippen LogP contribution < -0.4 is 16.8 Å². The zero-order valence-electron chi connectivity index (χ0n) is 19.3. The first kappa shape index (κ1) is 27.9. The minimum absolute atomic E-state index is 0.188. The van der Waals surface area contributed by atoms with Gasteiger partial charge in [-0.15, -0.1) is 0 Å². The fourth-order valence-corrected chi connectivity index (χ4v) is 3.29. The average molecular weight is 545 g/mol. The van der Waals surface area contributed by atoms with E-state index in [0.717, 1.165) is 12.3 Å². The average Bonchev–Trinajstić information content (AvgIpc) is 3.20. The van der Waals surface area contributed by atoms with Crippen LogP contribution in [0.2, 0.25) is 0 Å². The minimum atomic E-state index is -5.91. The molecule has 0 radical (unpaired) electrons. The van der Waals surface area contributed by atoms with E-state index in [4.69, 9.17) is 11.5 Å². The maximum Gasteiger partial charge on any atom is 0.490 e. The lowest BCUT2D eigenvalue weighted by atomic mass is 9.88. The van der Waals surface area contributed by atoms with Crippen LogP contribution in [-0.2, 0) is 27.0 Å². The first-order valence-electron chi connectivity index (χ1n) is 10.2. The summed E-state index contributed by atoms with van der Waals surface area (Å²) in [5.41, 5.74) is 4.09. The van der Waals surface area contributed by atoms with Crippen LogP contribution in [0.15, 0.2) is 36.7 Å². The summed E-state index contributed by atoms with van der Waals surface area (Å²) in [5, 5.41) is 6.32. The van der Waals surface area contributed by atoms with Gasteiger partial charge in [-0.05, 0) is 18.6 Å². The predicted octanol–water partition coefficient (Wildman–Crippen LogP) is 2.37. The molecule has 0 aliphatic rings. The highest BCUT2D eigenvalue weighted by atomic mass is 19.4. The molecule has 38 heavy (non-hydrogen) atoms. The van der Waals surface area contributed by atoms with Crippen LogP contribution in [0.4, 0.5) is 38.0 Å². The van der Waals surface area contributed by atoms with Crippen LogP contribution in [0.25, 0.3) is 11.3 Å². The van der Waals surface area contributed by atoms with E-state index >= 15 is 0 Å². The van der Waals surface area contributed by atoms with Gasteiger partial charge >= 0.3 is 23.9 Å². The summed E-state index contributed by atoms with van der Waals surface area (Å²) in [5.74, 6) is -6.71. The molecule has 1 atom stereocenters. The van der Waals surface area contributed by atoms with Crippen molar-refractivity contribution in [3.8, 4) is 11.3 Å². The summed E-state index contributed by atoms with van der Waals surface area (Å²) in [6.45, 7) is 1.38. The zero-order valence-corrected chi connectivity index (χ0v) is 19.3. The third-order valence-corrected chi connectivity index (χ3v) is 5.22. The fourth-order valence-electron chi connectivity index (χ4n) is 3.29. The van der Waals surface area contributed by atoms with Gasteiger partial charge in [-0.25, -0.2) is 14.8 Å². The number of rotatable bonds is 6. The van der Waals surface area contributed by atoms with Crippen molar-refractivity contribution < 1.29 is 45.5 Å². The Hall–Kier alpha value is -4.70. The minimum Gasteiger partial charge on any atom is -0.427 e. The molecular formula is C21H17F6N7O4. The molecule has 3 aromatic rings. The molecule has 3 rings (SSSR count). The molecule has 1 aromatic carbocycles. The van der Waals surface area contributed by atoms with Gasteiger partial charge < -0.3 is 21.5 Å². The molecule has 0 bridgehead atoms. The number of ether oxygens (including phenoxy) is 1. The third kappa shape index (κ3) is 5.07. The Labute approximate surface area is 208 Å². The Morgan fingerprint density at radius 1 is 1.08 bits per heavy atom. The Balaban J connectivity index is 2.16. The lowest BCUT2D eigenvalue weighted by Gasteiger charge is -2.33. The van der Waals surface area contributed by atoms with Crippen LogP contribution in [0.3, 0.4) is 0 Å². The summed E-state index contributed by atoms with van der Waals surface area (Å²) in [6, 6.07) is 3.65. The number of hydrogen-bond acceptors (Lipinski definition) is 8. The maximum atomic E-state index is 14.1. The van der Waals surface area contributed by atoms with Crippen molar-refractivity contribution >= 4 is 29.4 Å². The molecule has 11 nitrogen and oxygen atoms in total. The molecule has 2 amide bonds. The Bertz CT molecular complexity index is 1420. The number of alkyl halides is 6. The molecule has 0 saturated carbocycles. The summed E-state index contributed by atoms with van der Waals surface area (Å²) in [4.78, 5) is 43.9. The van der Waals surface area contributed by atoms with Crippen molar-refractivity contribution in [2.24, 2.45) is 12.8 Å². The number of carbonyl (C=O) groups is 3. The number of aryl methyl sites for hydroxylation is 2. The monoisotopic (exact) mass is 545 g/mol. The number of amides is 2. The highest BCUT2D eigenvalue weighted by molar-refractivity contribution is 6.05. The Kier molecular flexibility index (Phi) is 7.07. The normalized spacial score (nSPS) is 13.5. The zero-order chi connectivity index (χ0) is 28.6. The van der Waals surface area contributed by atoms with E-state index in [2.05, 4.69) is 25.1 Å². The van der Waals surface area contributed by atoms with Crippen molar-refractivity contribution in [3.05, 3.63) is 53.5 Å². The predicted molar refractivity (Wildman–Crippen MR) is 117 cm³/mol. The number of carbonyl (C=O) groups excluding carboxylic acids is 3. The molecule has 1 unspecified atom stereocenters. The molecule has 0 saturated heterocycles. The molecule has 2 heterocycles. The fraction of sp³-hybridized carbons (Fsp3) is 0.238. The number of halogens is 6. The van der Waals surface area contributed by atoms with Crippen LogP contribution >= 0.6 is 0 Å². The van der Waals surface area contributed by atoms with Crippen LogP contribution in [-0.4, -0.2) is 49.9 Å². The number of hydrogen-bond donors (Lipinski definition) is 3. The SMILES string of the molecule is Cc1ccc(C(OC(=O)C(F)(F)F)(C(N)=O)C(F)(F)F)cc1-c1cnc(N)c(C(=O)Nc2ccnn2C)n1. The summed E-state index contributed by atoms with van der Waals surface area (Å²) < 4.78 is 85.7. The van der Waals surface area contributed by atoms with E-state index in [1.165, 1.54) is 30.9 Å². The number of primary amides is 1. The van der Waals surface area contributed by atoms with Gasteiger partial charge in [0.1, 0.15) is 5.82 Å². The molecule has 0 fully saturated rings. The molecule has 0 aliphatic carbocycles. The summed E-state index contributed by atoms with van der Waals surface area (Å²) in [6.07, 6.45) is -9.43. The van der Waals surface area contributed by atoms with Crippen molar-refractivity contribution in [3.63, 3.8) is 0 Å². The van der Waals surface area contributed by atoms with Gasteiger partial charge in [0, 0.05) is 24.2 Å². The number of benzene rings is 1. The number of nitrogens with two attached hydrogens (primary N) is 2. The van der Waals surface area contributed by atoms with Crippen LogP contribution in [0, 0.1) is 6.92 Å². The smallest absolute Gasteiger partial charge is 0.427 e. The summed E-state index contributed by atoms with van der Waals surface area (Å²) in [7, 11) is 1.52. The van der Waals surface area contributed by atoms with E-state index in [0.29, 0.717) is 12.1 Å². The second-order valence-corrected chi connectivity index (χ2v) is 7.74.